The van der Waals surface area contributed by atoms with Gasteiger partial charge in [0.05, 0.1) is 10.6 Å². The van der Waals surface area contributed by atoms with Gasteiger partial charge in [0.1, 0.15) is 0 Å². The van der Waals surface area contributed by atoms with Gasteiger partial charge in [0.15, 0.2) is 9.84 Å². The van der Waals surface area contributed by atoms with Crippen LogP contribution in [0.25, 0.3) is 0 Å². The van der Waals surface area contributed by atoms with E-state index in [0.29, 0.717) is 0 Å². The Bertz CT molecular complexity index is 923. The molecule has 2 aromatic rings. The molecule has 0 spiro atoms. The lowest BCUT2D eigenvalue weighted by molar-refractivity contribution is -0.119. The van der Waals surface area contributed by atoms with Crippen LogP contribution in [-0.2, 0) is 14.6 Å². The van der Waals surface area contributed by atoms with Gasteiger partial charge in [-0.1, -0.05) is 17.7 Å². The van der Waals surface area contributed by atoms with Gasteiger partial charge in [0.2, 0.25) is 5.91 Å². The van der Waals surface area contributed by atoms with Crippen molar-refractivity contribution in [2.24, 2.45) is 0 Å². The number of hydrazine groups is 1. The van der Waals surface area contributed by atoms with Gasteiger partial charge >= 0.3 is 0 Å². The van der Waals surface area contributed by atoms with Crippen LogP contribution in [0.1, 0.15) is 21.5 Å². The molecule has 0 aliphatic rings. The number of thioether (sulfide) groups is 1. The van der Waals surface area contributed by atoms with Crippen LogP contribution < -0.4 is 10.9 Å². The van der Waals surface area contributed by atoms with Gasteiger partial charge in [-0.3, -0.25) is 20.4 Å². The summed E-state index contributed by atoms with van der Waals surface area (Å²) in [5, 5.41) is 0. The van der Waals surface area contributed by atoms with Crippen LogP contribution in [0.15, 0.2) is 52.3 Å². The number of benzene rings is 2. The highest BCUT2D eigenvalue weighted by Crippen LogP contribution is 2.23. The first-order chi connectivity index (χ1) is 12.2. The lowest BCUT2D eigenvalue weighted by Crippen LogP contribution is -2.42. The Morgan fingerprint density at radius 3 is 2.27 bits per heavy atom. The zero-order valence-corrected chi connectivity index (χ0v) is 16.3. The predicted octanol–water partition coefficient (Wildman–Crippen LogP) is 2.26. The van der Waals surface area contributed by atoms with Crippen molar-refractivity contribution in [3.8, 4) is 0 Å². The highest BCUT2D eigenvalue weighted by atomic mass is 32.2. The number of hydrogen-bond donors (Lipinski definition) is 2. The van der Waals surface area contributed by atoms with E-state index in [-0.39, 0.29) is 22.1 Å². The summed E-state index contributed by atoms with van der Waals surface area (Å²) < 4.78 is 22.8. The highest BCUT2D eigenvalue weighted by molar-refractivity contribution is 8.00. The fourth-order valence-electron chi connectivity index (χ4n) is 2.09. The zero-order chi connectivity index (χ0) is 19.3. The molecule has 0 aliphatic carbocycles. The van der Waals surface area contributed by atoms with Crippen molar-refractivity contribution < 1.29 is 18.0 Å². The number of hydrogen-bond acceptors (Lipinski definition) is 5. The average molecular weight is 393 g/mol. The normalized spacial score (nSPS) is 11.0. The van der Waals surface area contributed by atoms with E-state index in [1.807, 2.05) is 32.0 Å². The lowest BCUT2D eigenvalue weighted by Gasteiger charge is -2.09. The van der Waals surface area contributed by atoms with E-state index in [0.717, 1.165) is 22.3 Å². The minimum Gasteiger partial charge on any atom is -0.272 e. The molecule has 8 heteroatoms. The Kier molecular flexibility index (Phi) is 6.44. The largest absolute Gasteiger partial charge is 0.272 e. The van der Waals surface area contributed by atoms with Crippen molar-refractivity contribution in [1.82, 2.24) is 10.9 Å². The maximum atomic E-state index is 12.0. The second-order valence-corrected chi connectivity index (χ2v) is 8.89. The number of carbonyl (C=O) groups excluding carboxylic acids is 2. The van der Waals surface area contributed by atoms with E-state index in [9.17, 15) is 18.0 Å². The van der Waals surface area contributed by atoms with E-state index in [4.69, 9.17) is 0 Å². The first-order valence-electron chi connectivity index (χ1n) is 7.76. The Hall–Kier alpha value is -2.32. The van der Waals surface area contributed by atoms with Gasteiger partial charge in [0, 0.05) is 16.7 Å². The SMILES string of the molecule is Cc1ccc(C)c(SCC(=O)NNC(=O)c2ccc(S(C)(=O)=O)cc2)c1. The van der Waals surface area contributed by atoms with Gasteiger partial charge in [-0.2, -0.15) is 0 Å². The summed E-state index contributed by atoms with van der Waals surface area (Å²) in [5.41, 5.74) is 7.12. The second kappa shape index (κ2) is 8.37. The van der Waals surface area contributed by atoms with Gasteiger partial charge in [0.25, 0.3) is 5.91 Å². The number of rotatable bonds is 5. The molecule has 2 rings (SSSR count). The summed E-state index contributed by atoms with van der Waals surface area (Å²) in [6, 6.07) is 11.5. The molecule has 0 fully saturated rings. The Morgan fingerprint density at radius 1 is 1.00 bits per heavy atom. The van der Waals surface area contributed by atoms with Crippen molar-refractivity contribution >= 4 is 33.4 Å². The monoisotopic (exact) mass is 392 g/mol. The second-order valence-electron chi connectivity index (χ2n) is 5.86. The highest BCUT2D eigenvalue weighted by Gasteiger charge is 2.11. The van der Waals surface area contributed by atoms with Crippen molar-refractivity contribution in [2.75, 3.05) is 12.0 Å². The van der Waals surface area contributed by atoms with Crippen LogP contribution in [0, 0.1) is 13.8 Å². The molecular weight excluding hydrogens is 372 g/mol. The minimum absolute atomic E-state index is 0.128. The summed E-state index contributed by atoms with van der Waals surface area (Å²) in [4.78, 5) is 25.1. The van der Waals surface area contributed by atoms with Gasteiger partial charge in [-0.05, 0) is 49.7 Å². The number of aryl methyl sites for hydroxylation is 2. The third-order valence-corrected chi connectivity index (χ3v) is 5.85. The third kappa shape index (κ3) is 5.60. The molecular formula is C18H20N2O4S2. The van der Waals surface area contributed by atoms with Crippen LogP contribution in [0.3, 0.4) is 0 Å². The van der Waals surface area contributed by atoms with Gasteiger partial charge in [-0.15, -0.1) is 11.8 Å². The minimum atomic E-state index is -3.32. The number of nitrogens with one attached hydrogen (secondary N) is 2. The number of carbonyl (C=O) groups is 2. The maximum absolute atomic E-state index is 12.0. The van der Waals surface area contributed by atoms with Crippen LogP contribution in [0.4, 0.5) is 0 Å². The smallest absolute Gasteiger partial charge is 0.269 e. The molecule has 0 saturated heterocycles. The predicted molar refractivity (Wildman–Crippen MR) is 102 cm³/mol. The molecule has 2 N–H and O–H groups in total. The standard InChI is InChI=1S/C18H20N2O4S2/c1-12-4-5-13(2)16(10-12)25-11-17(21)19-20-18(22)14-6-8-15(9-7-14)26(3,23)24/h4-10H,11H2,1-3H3,(H,19,21)(H,20,22). The van der Waals surface area contributed by atoms with E-state index in [2.05, 4.69) is 10.9 Å². The van der Waals surface area contributed by atoms with Crippen LogP contribution in [0.5, 0.6) is 0 Å². The first-order valence-corrected chi connectivity index (χ1v) is 10.6. The van der Waals surface area contributed by atoms with E-state index < -0.39 is 15.7 Å². The Morgan fingerprint density at radius 2 is 1.65 bits per heavy atom. The van der Waals surface area contributed by atoms with Gasteiger partial charge in [-0.25, -0.2) is 8.42 Å². The zero-order valence-electron chi connectivity index (χ0n) is 14.7. The summed E-state index contributed by atoms with van der Waals surface area (Å²) >= 11 is 1.39. The third-order valence-electron chi connectivity index (χ3n) is 3.56. The van der Waals surface area contributed by atoms with Crippen LogP contribution in [-0.4, -0.2) is 32.2 Å². The van der Waals surface area contributed by atoms with E-state index in [1.54, 1.807) is 0 Å². The molecule has 0 radical (unpaired) electrons. The fourth-order valence-corrected chi connectivity index (χ4v) is 3.65. The number of amides is 2. The summed E-state index contributed by atoms with van der Waals surface area (Å²) in [7, 11) is -3.32. The van der Waals surface area contributed by atoms with Crippen molar-refractivity contribution in [1.29, 1.82) is 0 Å². The molecule has 0 aromatic heterocycles. The van der Waals surface area contributed by atoms with Crippen LogP contribution in [0.2, 0.25) is 0 Å². The molecule has 6 nitrogen and oxygen atoms in total. The molecule has 0 unspecified atom stereocenters. The Balaban J connectivity index is 1.86. The molecule has 0 saturated carbocycles. The van der Waals surface area contributed by atoms with Gasteiger partial charge < -0.3 is 0 Å². The molecule has 138 valence electrons. The first kappa shape index (κ1) is 20.0. The van der Waals surface area contributed by atoms with E-state index >= 15 is 0 Å². The molecule has 26 heavy (non-hydrogen) atoms. The average Bonchev–Trinajstić information content (AvgIpc) is 2.59. The summed E-state index contributed by atoms with van der Waals surface area (Å²) in [6.45, 7) is 3.96. The van der Waals surface area contributed by atoms with Crippen molar-refractivity contribution in [2.45, 2.75) is 23.6 Å². The lowest BCUT2D eigenvalue weighted by atomic mass is 10.2. The topological polar surface area (TPSA) is 92.3 Å². The summed E-state index contributed by atoms with van der Waals surface area (Å²) in [5.74, 6) is -0.690. The molecule has 0 heterocycles. The number of sulfone groups is 1. The quantitative estimate of drug-likeness (QED) is 0.601. The molecule has 0 atom stereocenters. The molecule has 2 amide bonds. The van der Waals surface area contributed by atoms with E-state index in [1.165, 1.54) is 36.0 Å². The van der Waals surface area contributed by atoms with Crippen LogP contribution >= 0.6 is 11.8 Å². The fraction of sp³-hybridized carbons (Fsp3) is 0.222. The molecule has 2 aromatic carbocycles. The van der Waals surface area contributed by atoms with Crippen molar-refractivity contribution in [3.63, 3.8) is 0 Å². The van der Waals surface area contributed by atoms with Crippen molar-refractivity contribution in [3.05, 3.63) is 59.2 Å². The molecule has 0 bridgehead atoms. The summed E-state index contributed by atoms with van der Waals surface area (Å²) in [6.07, 6.45) is 1.09. The molecule has 0 aliphatic heterocycles. The maximum Gasteiger partial charge on any atom is 0.269 e. The Labute approximate surface area is 157 Å².